The van der Waals surface area contributed by atoms with Gasteiger partial charge in [0.1, 0.15) is 0 Å². The highest BCUT2D eigenvalue weighted by Gasteiger charge is 2.21. The third-order valence-corrected chi connectivity index (χ3v) is 3.37. The van der Waals surface area contributed by atoms with Crippen molar-refractivity contribution in [3.05, 3.63) is 0 Å². The highest BCUT2D eigenvalue weighted by molar-refractivity contribution is 7.99. The zero-order chi connectivity index (χ0) is 8.97. The Morgan fingerprint density at radius 2 is 2.08 bits per heavy atom. The first-order valence-electron chi connectivity index (χ1n) is 4.30. The van der Waals surface area contributed by atoms with Crippen molar-refractivity contribution in [3.63, 3.8) is 0 Å². The summed E-state index contributed by atoms with van der Waals surface area (Å²) >= 11 is 1.36. The van der Waals surface area contributed by atoms with Crippen LogP contribution >= 0.6 is 24.2 Å². The number of hydrogen-bond acceptors (Lipinski definition) is 2. The molecule has 1 nitrogen and oxygen atoms in total. The molecule has 0 aromatic heterocycles. The van der Waals surface area contributed by atoms with Crippen LogP contribution in [0.15, 0.2) is 0 Å². The minimum absolute atomic E-state index is 0. The second kappa shape index (κ2) is 6.85. The van der Waals surface area contributed by atoms with Crippen LogP contribution in [0.1, 0.15) is 19.3 Å². The molecule has 0 amide bonds. The Bertz CT molecular complexity index is 137. The fraction of sp³-hybridized carbons (Fsp3) is 1.00. The summed E-state index contributed by atoms with van der Waals surface area (Å²) in [7, 11) is 0. The van der Waals surface area contributed by atoms with Crippen molar-refractivity contribution in [2.75, 3.05) is 11.5 Å². The minimum Gasteiger partial charge on any atom is -0.328 e. The van der Waals surface area contributed by atoms with Crippen LogP contribution < -0.4 is 5.73 Å². The maximum Gasteiger partial charge on any atom is 0.247 e. The molecule has 1 fully saturated rings. The average Bonchev–Trinajstić information content (AvgIpc) is 2.35. The Labute approximate surface area is 88.2 Å². The lowest BCUT2D eigenvalue weighted by Gasteiger charge is -2.07. The first kappa shape index (κ1) is 13.5. The van der Waals surface area contributed by atoms with Crippen molar-refractivity contribution in [1.29, 1.82) is 0 Å². The molecule has 2 N–H and O–H groups in total. The van der Waals surface area contributed by atoms with Crippen molar-refractivity contribution >= 4 is 24.2 Å². The third-order valence-electron chi connectivity index (χ3n) is 2.18. The fourth-order valence-corrected chi connectivity index (χ4v) is 2.54. The highest BCUT2D eigenvalue weighted by atomic mass is 35.5. The van der Waals surface area contributed by atoms with Gasteiger partial charge in [0, 0.05) is 6.04 Å². The van der Waals surface area contributed by atoms with Crippen LogP contribution in [0.2, 0.25) is 0 Å². The zero-order valence-electron chi connectivity index (χ0n) is 7.42. The van der Waals surface area contributed by atoms with E-state index in [1.165, 1.54) is 11.8 Å². The molecule has 1 rings (SSSR count). The molecule has 0 unspecified atom stereocenters. The van der Waals surface area contributed by atoms with E-state index in [1.54, 1.807) is 0 Å². The lowest BCUT2D eigenvalue weighted by Crippen LogP contribution is -2.15. The Balaban J connectivity index is 0.00000144. The molecule has 1 aliphatic rings. The zero-order valence-corrected chi connectivity index (χ0v) is 9.05. The first-order chi connectivity index (χ1) is 5.68. The molecule has 0 bridgehead atoms. The average molecular weight is 232 g/mol. The molecule has 0 saturated heterocycles. The molecular weight excluding hydrogens is 216 g/mol. The summed E-state index contributed by atoms with van der Waals surface area (Å²) in [6.07, 6.45) is 1.05. The topological polar surface area (TPSA) is 26.0 Å². The van der Waals surface area contributed by atoms with Gasteiger partial charge in [0.2, 0.25) is 6.43 Å². The smallest absolute Gasteiger partial charge is 0.247 e. The molecular formula is C8H16ClF2NS. The van der Waals surface area contributed by atoms with Gasteiger partial charge in [-0.15, -0.1) is 12.4 Å². The lowest BCUT2D eigenvalue weighted by atomic mass is 10.1. The molecule has 0 spiro atoms. The van der Waals surface area contributed by atoms with E-state index in [9.17, 15) is 8.78 Å². The Morgan fingerprint density at radius 1 is 1.38 bits per heavy atom. The van der Waals surface area contributed by atoms with Gasteiger partial charge in [0.05, 0.1) is 5.75 Å². The third kappa shape index (κ3) is 5.70. The van der Waals surface area contributed by atoms with Crippen molar-refractivity contribution in [2.24, 2.45) is 11.7 Å². The van der Waals surface area contributed by atoms with Crippen LogP contribution in [0.3, 0.4) is 0 Å². The molecule has 1 saturated carbocycles. The normalized spacial score (nSPS) is 27.7. The maximum absolute atomic E-state index is 11.7. The van der Waals surface area contributed by atoms with Gasteiger partial charge in [0.15, 0.2) is 0 Å². The Kier molecular flexibility index (Phi) is 7.09. The van der Waals surface area contributed by atoms with Crippen molar-refractivity contribution < 1.29 is 8.78 Å². The SMILES string of the molecule is Cl.N[C@@H]1CC[C@H](CSCC(F)F)C1. The Morgan fingerprint density at radius 3 is 2.54 bits per heavy atom. The van der Waals surface area contributed by atoms with E-state index in [1.807, 2.05) is 0 Å². The summed E-state index contributed by atoms with van der Waals surface area (Å²) < 4.78 is 23.5. The second-order valence-electron chi connectivity index (χ2n) is 3.37. The van der Waals surface area contributed by atoms with Gasteiger partial charge in [-0.1, -0.05) is 0 Å². The van der Waals surface area contributed by atoms with E-state index in [0.29, 0.717) is 12.0 Å². The minimum atomic E-state index is -2.16. The summed E-state index contributed by atoms with van der Waals surface area (Å²) in [4.78, 5) is 0. The van der Waals surface area contributed by atoms with Crippen LogP contribution in [-0.4, -0.2) is 24.0 Å². The molecule has 0 aromatic rings. The van der Waals surface area contributed by atoms with Crippen molar-refractivity contribution in [3.8, 4) is 0 Å². The van der Waals surface area contributed by atoms with Crippen LogP contribution in [0, 0.1) is 5.92 Å². The van der Waals surface area contributed by atoms with Gasteiger partial charge in [0.25, 0.3) is 0 Å². The van der Waals surface area contributed by atoms with E-state index in [4.69, 9.17) is 5.73 Å². The quantitative estimate of drug-likeness (QED) is 0.805. The molecule has 5 heteroatoms. The molecule has 13 heavy (non-hydrogen) atoms. The number of hydrogen-bond donors (Lipinski definition) is 1. The van der Waals surface area contributed by atoms with E-state index >= 15 is 0 Å². The molecule has 0 heterocycles. The van der Waals surface area contributed by atoms with Gasteiger partial charge >= 0.3 is 0 Å². The summed E-state index contributed by atoms with van der Waals surface area (Å²) in [5.74, 6) is 1.42. The monoisotopic (exact) mass is 231 g/mol. The number of nitrogens with two attached hydrogens (primary N) is 1. The summed E-state index contributed by atoms with van der Waals surface area (Å²) in [5, 5.41) is 0. The fourth-order valence-electron chi connectivity index (χ4n) is 1.59. The van der Waals surface area contributed by atoms with Gasteiger partial charge in [-0.2, -0.15) is 11.8 Å². The summed E-state index contributed by atoms with van der Waals surface area (Å²) in [5.41, 5.74) is 5.70. The molecule has 2 atom stereocenters. The van der Waals surface area contributed by atoms with Crippen LogP contribution in [0.25, 0.3) is 0 Å². The van der Waals surface area contributed by atoms with E-state index in [-0.39, 0.29) is 18.2 Å². The molecule has 0 radical (unpaired) electrons. The van der Waals surface area contributed by atoms with Crippen LogP contribution in [0.4, 0.5) is 8.78 Å². The number of halogens is 3. The first-order valence-corrected chi connectivity index (χ1v) is 5.45. The standard InChI is InChI=1S/C8H15F2NS.ClH/c9-8(10)5-12-4-6-1-2-7(11)3-6;/h6-8H,1-5,11H2;1H/t6-,7+;/m0./s1. The summed E-state index contributed by atoms with van der Waals surface area (Å²) in [6, 6.07) is 0.321. The largest absolute Gasteiger partial charge is 0.328 e. The van der Waals surface area contributed by atoms with Crippen LogP contribution in [-0.2, 0) is 0 Å². The summed E-state index contributed by atoms with van der Waals surface area (Å²) in [6.45, 7) is 0. The second-order valence-corrected chi connectivity index (χ2v) is 4.44. The number of alkyl halides is 2. The Hall–Kier alpha value is 0.460. The van der Waals surface area contributed by atoms with Crippen molar-refractivity contribution in [1.82, 2.24) is 0 Å². The number of thioether (sulfide) groups is 1. The molecule has 1 aliphatic carbocycles. The highest BCUT2D eigenvalue weighted by Crippen LogP contribution is 2.27. The molecule has 0 aliphatic heterocycles. The predicted molar refractivity (Wildman–Crippen MR) is 55.9 cm³/mol. The van der Waals surface area contributed by atoms with E-state index in [2.05, 4.69) is 0 Å². The molecule has 0 aromatic carbocycles. The van der Waals surface area contributed by atoms with E-state index < -0.39 is 6.43 Å². The molecule has 80 valence electrons. The van der Waals surface area contributed by atoms with E-state index in [0.717, 1.165) is 25.0 Å². The predicted octanol–water partition coefficient (Wildman–Crippen LogP) is 2.53. The van der Waals surface area contributed by atoms with Gasteiger partial charge < -0.3 is 5.73 Å². The van der Waals surface area contributed by atoms with Gasteiger partial charge in [-0.05, 0) is 30.9 Å². The lowest BCUT2D eigenvalue weighted by molar-refractivity contribution is 0.177. The van der Waals surface area contributed by atoms with Gasteiger partial charge in [-0.3, -0.25) is 0 Å². The number of rotatable bonds is 4. The van der Waals surface area contributed by atoms with Crippen LogP contribution in [0.5, 0.6) is 0 Å². The van der Waals surface area contributed by atoms with Crippen molar-refractivity contribution in [2.45, 2.75) is 31.7 Å². The maximum atomic E-state index is 11.7. The van der Waals surface area contributed by atoms with Gasteiger partial charge in [-0.25, -0.2) is 8.78 Å².